The second-order valence-electron chi connectivity index (χ2n) is 8.30. The largest absolute Gasteiger partial charge is 0.480 e. The van der Waals surface area contributed by atoms with E-state index in [0.717, 1.165) is 29.8 Å². The zero-order chi connectivity index (χ0) is 20.4. The quantitative estimate of drug-likeness (QED) is 0.658. The van der Waals surface area contributed by atoms with Crippen LogP contribution in [0.3, 0.4) is 0 Å². The maximum atomic E-state index is 14.3. The highest BCUT2D eigenvalue weighted by Crippen LogP contribution is 2.69. The van der Waals surface area contributed by atoms with Gasteiger partial charge in [-0.15, -0.1) is 5.10 Å². The van der Waals surface area contributed by atoms with Gasteiger partial charge in [-0.3, -0.25) is 4.98 Å². The van der Waals surface area contributed by atoms with E-state index in [0.29, 0.717) is 5.88 Å². The van der Waals surface area contributed by atoms with E-state index >= 15 is 0 Å². The molecule has 148 valence electrons. The summed E-state index contributed by atoms with van der Waals surface area (Å²) >= 11 is 0. The van der Waals surface area contributed by atoms with Crippen molar-refractivity contribution in [3.05, 3.63) is 65.2 Å². The molecule has 7 heteroatoms. The maximum Gasteiger partial charge on any atom is 0.232 e. The number of fused-ring (bicyclic) bond motifs is 5. The van der Waals surface area contributed by atoms with Crippen molar-refractivity contribution in [1.29, 1.82) is 0 Å². The van der Waals surface area contributed by atoms with Gasteiger partial charge in [0.25, 0.3) is 0 Å². The van der Waals surface area contributed by atoms with Crippen LogP contribution in [0.25, 0.3) is 11.3 Å². The van der Waals surface area contributed by atoms with Gasteiger partial charge in [0, 0.05) is 6.20 Å². The van der Waals surface area contributed by atoms with Crippen molar-refractivity contribution in [2.45, 2.75) is 38.0 Å². The van der Waals surface area contributed by atoms with E-state index in [2.05, 4.69) is 34.0 Å². The number of aromatic nitrogens is 4. The first-order valence-corrected chi connectivity index (χ1v) is 9.59. The SMILES string of the molecule is COc1cncc([C@@]23CC[C@@H](c4cc(-c5c(F)cccc5F)nnc42)C3(C)C)n1. The van der Waals surface area contributed by atoms with Crippen molar-refractivity contribution in [2.24, 2.45) is 5.41 Å². The third-order valence-corrected chi connectivity index (χ3v) is 6.86. The summed E-state index contributed by atoms with van der Waals surface area (Å²) in [5, 5.41) is 8.74. The Kier molecular flexibility index (Phi) is 3.75. The van der Waals surface area contributed by atoms with Crippen LogP contribution in [-0.2, 0) is 5.41 Å². The van der Waals surface area contributed by atoms with Crippen LogP contribution in [0.4, 0.5) is 8.78 Å². The van der Waals surface area contributed by atoms with Crippen molar-refractivity contribution < 1.29 is 13.5 Å². The van der Waals surface area contributed by atoms with E-state index < -0.39 is 17.0 Å². The summed E-state index contributed by atoms with van der Waals surface area (Å²) in [6, 6.07) is 5.61. The minimum atomic E-state index is -0.643. The molecule has 2 aliphatic carbocycles. The van der Waals surface area contributed by atoms with Crippen LogP contribution in [-0.4, -0.2) is 27.3 Å². The third-order valence-electron chi connectivity index (χ3n) is 6.86. The van der Waals surface area contributed by atoms with E-state index in [1.54, 1.807) is 25.6 Å². The molecule has 2 aliphatic rings. The molecule has 0 saturated heterocycles. The average Bonchev–Trinajstić information content (AvgIpc) is 3.09. The van der Waals surface area contributed by atoms with Gasteiger partial charge in [0.1, 0.15) is 11.6 Å². The van der Waals surface area contributed by atoms with Gasteiger partial charge in [-0.25, -0.2) is 13.8 Å². The third kappa shape index (κ3) is 2.24. The first kappa shape index (κ1) is 18.1. The number of ether oxygens (including phenoxy) is 1. The lowest BCUT2D eigenvalue weighted by Crippen LogP contribution is -2.38. The Hall–Kier alpha value is -2.96. The second kappa shape index (κ2) is 6.02. The van der Waals surface area contributed by atoms with E-state index in [1.807, 2.05) is 0 Å². The standard InChI is InChI=1S/C22H20F2N4O/c1-21(2)13-7-8-22(21,17-10-25-11-18(26-17)29-3)20-12(13)9-16(27-28-20)19-14(23)5-4-6-15(19)24/h4-6,9-11,13H,7-8H2,1-3H3/t13-,22-/m0/s1. The molecule has 1 fully saturated rings. The van der Waals surface area contributed by atoms with Crippen LogP contribution < -0.4 is 4.74 Å². The van der Waals surface area contributed by atoms with Crippen molar-refractivity contribution in [2.75, 3.05) is 7.11 Å². The summed E-state index contributed by atoms with van der Waals surface area (Å²) in [6.45, 7) is 4.38. The monoisotopic (exact) mass is 394 g/mol. The van der Waals surface area contributed by atoms with Crippen molar-refractivity contribution in [3.63, 3.8) is 0 Å². The number of halogens is 2. The van der Waals surface area contributed by atoms with Crippen LogP contribution in [0.2, 0.25) is 0 Å². The first-order chi connectivity index (χ1) is 13.9. The van der Waals surface area contributed by atoms with Gasteiger partial charge < -0.3 is 4.74 Å². The van der Waals surface area contributed by atoms with Gasteiger partial charge in [0.2, 0.25) is 5.88 Å². The van der Waals surface area contributed by atoms with Gasteiger partial charge in [-0.1, -0.05) is 19.9 Å². The van der Waals surface area contributed by atoms with Crippen molar-refractivity contribution >= 4 is 0 Å². The van der Waals surface area contributed by atoms with E-state index in [1.165, 1.54) is 18.2 Å². The fraction of sp³-hybridized carbons (Fsp3) is 0.364. The lowest BCUT2D eigenvalue weighted by Gasteiger charge is -2.37. The van der Waals surface area contributed by atoms with E-state index in [9.17, 15) is 8.78 Å². The predicted octanol–water partition coefficient (Wildman–Crippen LogP) is 4.42. The number of hydrogen-bond acceptors (Lipinski definition) is 5. The van der Waals surface area contributed by atoms with Gasteiger partial charge in [-0.2, -0.15) is 5.10 Å². The van der Waals surface area contributed by atoms with Crippen LogP contribution in [0.15, 0.2) is 36.7 Å². The molecular formula is C22H20F2N4O. The fourth-order valence-corrected chi connectivity index (χ4v) is 5.41. The van der Waals surface area contributed by atoms with Crippen LogP contribution in [0.1, 0.15) is 49.6 Å². The van der Waals surface area contributed by atoms with Crippen molar-refractivity contribution in [1.82, 2.24) is 20.2 Å². The number of nitrogens with zero attached hydrogens (tertiary/aromatic N) is 4. The summed E-state index contributed by atoms with van der Waals surface area (Å²) in [5.74, 6) is -0.651. The molecule has 0 unspecified atom stereocenters. The van der Waals surface area contributed by atoms with Crippen LogP contribution in [0, 0.1) is 17.0 Å². The fourth-order valence-electron chi connectivity index (χ4n) is 5.41. The maximum absolute atomic E-state index is 14.3. The zero-order valence-electron chi connectivity index (χ0n) is 16.4. The smallest absolute Gasteiger partial charge is 0.232 e. The molecule has 0 aliphatic heterocycles. The van der Waals surface area contributed by atoms with Gasteiger partial charge in [0.05, 0.1) is 41.4 Å². The molecule has 3 aromatic rings. The number of benzene rings is 1. The summed E-state index contributed by atoms with van der Waals surface area (Å²) in [4.78, 5) is 8.98. The van der Waals surface area contributed by atoms with Gasteiger partial charge in [-0.05, 0) is 47.9 Å². The Morgan fingerprint density at radius 1 is 1.10 bits per heavy atom. The zero-order valence-corrected chi connectivity index (χ0v) is 16.4. The predicted molar refractivity (Wildman–Crippen MR) is 103 cm³/mol. The summed E-state index contributed by atoms with van der Waals surface area (Å²) in [6.07, 6.45) is 5.13. The Morgan fingerprint density at radius 2 is 1.86 bits per heavy atom. The molecule has 5 rings (SSSR count). The molecule has 29 heavy (non-hydrogen) atoms. The molecule has 1 aromatic carbocycles. The second-order valence-corrected chi connectivity index (χ2v) is 8.30. The molecule has 0 spiro atoms. The Bertz CT molecular complexity index is 1110. The van der Waals surface area contributed by atoms with Gasteiger partial charge >= 0.3 is 0 Å². The molecule has 2 aromatic heterocycles. The molecule has 2 heterocycles. The molecule has 0 N–H and O–H groups in total. The topological polar surface area (TPSA) is 60.8 Å². The molecule has 0 amide bonds. The molecular weight excluding hydrogens is 374 g/mol. The van der Waals surface area contributed by atoms with Crippen molar-refractivity contribution in [3.8, 4) is 17.1 Å². The van der Waals surface area contributed by atoms with E-state index in [4.69, 9.17) is 4.74 Å². The average molecular weight is 394 g/mol. The van der Waals surface area contributed by atoms with E-state index in [-0.39, 0.29) is 22.6 Å². The normalized spacial score (nSPS) is 23.8. The molecule has 5 nitrogen and oxygen atoms in total. The number of rotatable bonds is 3. The Labute approximate surface area is 167 Å². The molecule has 1 saturated carbocycles. The lowest BCUT2D eigenvalue weighted by molar-refractivity contribution is 0.240. The highest BCUT2D eigenvalue weighted by atomic mass is 19.1. The molecule has 2 atom stereocenters. The number of hydrogen-bond donors (Lipinski definition) is 0. The molecule has 0 radical (unpaired) electrons. The summed E-state index contributed by atoms with van der Waals surface area (Å²) in [5.41, 5.74) is 2.02. The minimum absolute atomic E-state index is 0.140. The summed E-state index contributed by atoms with van der Waals surface area (Å²) < 4.78 is 33.9. The lowest BCUT2D eigenvalue weighted by atomic mass is 9.66. The minimum Gasteiger partial charge on any atom is -0.480 e. The van der Waals surface area contributed by atoms with Crippen LogP contribution >= 0.6 is 0 Å². The van der Waals surface area contributed by atoms with Crippen LogP contribution in [0.5, 0.6) is 5.88 Å². The summed E-state index contributed by atoms with van der Waals surface area (Å²) in [7, 11) is 1.56. The Balaban J connectivity index is 1.72. The highest BCUT2D eigenvalue weighted by molar-refractivity contribution is 5.64. The number of methoxy groups -OCH3 is 1. The van der Waals surface area contributed by atoms with Gasteiger partial charge in [0.15, 0.2) is 0 Å². The Morgan fingerprint density at radius 3 is 2.59 bits per heavy atom. The highest BCUT2D eigenvalue weighted by Gasteiger charge is 2.65. The first-order valence-electron chi connectivity index (χ1n) is 9.59. The molecule has 2 bridgehead atoms.